The molecule has 5 aromatic rings. The monoisotopic (exact) mass is 667 g/mol. The van der Waals surface area contributed by atoms with E-state index < -0.39 is 26.3 Å². The molecule has 1 saturated carbocycles. The largest absolute Gasteiger partial charge is 0.464 e. The van der Waals surface area contributed by atoms with Crippen molar-refractivity contribution in [3.05, 3.63) is 118 Å². The van der Waals surface area contributed by atoms with Gasteiger partial charge in [-0.3, -0.25) is 4.79 Å². The van der Waals surface area contributed by atoms with E-state index in [9.17, 15) is 26.4 Å². The minimum absolute atomic E-state index is 0.0481. The normalized spacial score (nSPS) is 17.3. The Morgan fingerprint density at radius 2 is 1.65 bits per heavy atom. The number of benzene rings is 3. The molecule has 1 N–H and O–H groups in total. The average molecular weight is 668 g/mol. The fourth-order valence-corrected chi connectivity index (χ4v) is 8.13. The number of sulfonamides is 1. The van der Waals surface area contributed by atoms with Gasteiger partial charge in [-0.2, -0.15) is 18.2 Å². The van der Waals surface area contributed by atoms with E-state index in [2.05, 4.69) is 14.9 Å². The first-order valence-electron chi connectivity index (χ1n) is 14.4. The second kappa shape index (κ2) is 13.2. The van der Waals surface area contributed by atoms with Crippen LogP contribution in [0.4, 0.5) is 13.2 Å². The fraction of sp³-hybridized carbons (Fsp3) is 0.242. The first-order chi connectivity index (χ1) is 22.1. The minimum Gasteiger partial charge on any atom is -0.464 e. The van der Waals surface area contributed by atoms with Gasteiger partial charge in [-0.25, -0.2) is 13.1 Å². The molecule has 6 rings (SSSR count). The summed E-state index contributed by atoms with van der Waals surface area (Å²) in [5, 5.41) is 3.07. The van der Waals surface area contributed by atoms with Crippen LogP contribution in [-0.2, 0) is 38.6 Å². The van der Waals surface area contributed by atoms with Gasteiger partial charge in [-0.1, -0.05) is 78.0 Å². The highest BCUT2D eigenvalue weighted by atomic mass is 32.2. The van der Waals surface area contributed by atoms with E-state index in [4.69, 9.17) is 9.26 Å². The lowest BCUT2D eigenvalue weighted by atomic mass is 9.90. The topological polar surface area (TPSA) is 111 Å². The lowest BCUT2D eigenvalue weighted by Gasteiger charge is -2.35. The molecule has 0 radical (unpaired) electrons. The van der Waals surface area contributed by atoms with Crippen LogP contribution in [0.15, 0.2) is 95.5 Å². The van der Waals surface area contributed by atoms with Crippen molar-refractivity contribution in [3.8, 4) is 22.2 Å². The van der Waals surface area contributed by atoms with Crippen molar-refractivity contribution in [1.29, 1.82) is 0 Å². The number of hydrogen-bond acceptors (Lipinski definition) is 8. The Bertz CT molecular complexity index is 1890. The van der Waals surface area contributed by atoms with Crippen molar-refractivity contribution in [1.82, 2.24) is 14.9 Å². The molecular weight excluding hydrogens is 640 g/mol. The second-order valence-electron chi connectivity index (χ2n) is 11.0. The molecule has 2 aromatic heterocycles. The van der Waals surface area contributed by atoms with E-state index in [0.29, 0.717) is 41.8 Å². The maximum atomic E-state index is 13.9. The first kappa shape index (κ1) is 31.6. The summed E-state index contributed by atoms with van der Waals surface area (Å²) in [6.45, 7) is 0.371. The van der Waals surface area contributed by atoms with Crippen LogP contribution in [0, 0.1) is 0 Å². The third kappa shape index (κ3) is 7.22. The summed E-state index contributed by atoms with van der Waals surface area (Å²) in [4.78, 5) is 14.5. The number of aromatic nitrogens is 2. The van der Waals surface area contributed by atoms with Crippen LogP contribution in [0.5, 0.6) is 0 Å². The summed E-state index contributed by atoms with van der Waals surface area (Å²) in [6, 6.07) is 25.9. The van der Waals surface area contributed by atoms with Gasteiger partial charge >= 0.3 is 6.18 Å². The highest BCUT2D eigenvalue weighted by Gasteiger charge is 2.38. The van der Waals surface area contributed by atoms with E-state index in [1.165, 1.54) is 6.07 Å². The Morgan fingerprint density at radius 3 is 2.30 bits per heavy atom. The van der Waals surface area contributed by atoms with Crippen LogP contribution in [-0.4, -0.2) is 37.2 Å². The number of nitrogens with one attached hydrogen (secondary N) is 1. The molecule has 46 heavy (non-hydrogen) atoms. The van der Waals surface area contributed by atoms with Crippen LogP contribution in [0.3, 0.4) is 0 Å². The fourth-order valence-electron chi connectivity index (χ4n) is 5.40. The number of alkyl halides is 3. The van der Waals surface area contributed by atoms with E-state index >= 15 is 0 Å². The van der Waals surface area contributed by atoms with Crippen LogP contribution in [0.1, 0.15) is 45.2 Å². The van der Waals surface area contributed by atoms with Crippen molar-refractivity contribution >= 4 is 27.8 Å². The van der Waals surface area contributed by atoms with E-state index in [0.717, 1.165) is 11.1 Å². The van der Waals surface area contributed by atoms with Crippen LogP contribution >= 0.6 is 11.3 Å². The van der Waals surface area contributed by atoms with Crippen molar-refractivity contribution in [2.75, 3.05) is 0 Å². The zero-order chi connectivity index (χ0) is 32.3. The Balaban J connectivity index is 1.19. The molecule has 0 aliphatic heterocycles. The number of ether oxygens (including phenoxy) is 1. The molecule has 1 aliphatic rings. The molecule has 8 nitrogen and oxygen atoms in total. The van der Waals surface area contributed by atoms with E-state index in [1.807, 2.05) is 6.07 Å². The molecule has 1 aliphatic carbocycles. The number of carbonyl (C=O) groups is 1. The lowest BCUT2D eigenvalue weighted by molar-refractivity contribution is -0.138. The average Bonchev–Trinajstić information content (AvgIpc) is 3.68. The Morgan fingerprint density at radius 1 is 0.978 bits per heavy atom. The van der Waals surface area contributed by atoms with Crippen molar-refractivity contribution in [2.45, 2.75) is 49.3 Å². The molecule has 0 saturated heterocycles. The van der Waals surface area contributed by atoms with Crippen LogP contribution in [0.25, 0.3) is 22.2 Å². The summed E-state index contributed by atoms with van der Waals surface area (Å²) in [5.74, 6) is 0.172. The number of rotatable bonds is 12. The highest BCUT2D eigenvalue weighted by molar-refractivity contribution is 7.89. The summed E-state index contributed by atoms with van der Waals surface area (Å²) in [5.41, 5.74) is 2.79. The SMILES string of the molecule is O=COC1CC(NS(=O)(=O)C(Cc2ccc(-c3nc(-c4cc(Cc5ccccc5)c(C(F)(F)F)s4)no3)cc2)c2ccccc2)C1. The second-order valence-corrected chi connectivity index (χ2v) is 14.0. The molecule has 1 atom stereocenters. The molecule has 3 aromatic carbocycles. The predicted octanol–water partition coefficient (Wildman–Crippen LogP) is 6.98. The highest BCUT2D eigenvalue weighted by Crippen LogP contribution is 2.42. The number of hydrogen-bond donors (Lipinski definition) is 1. The van der Waals surface area contributed by atoms with Gasteiger partial charge in [0.2, 0.25) is 15.8 Å². The standard InChI is InChI=1S/C33H28F3N3O5S2/c34-33(35,36)30-25(15-21-7-3-1-4-8-21)17-28(45-30)31-37-32(44-38-31)24-13-11-22(12-14-24)16-29(23-9-5-2-6-10-23)46(41,42)39-26-18-27(19-26)43-20-40/h1-14,17,20,26-27,29,39H,15-16,18-19H2. The summed E-state index contributed by atoms with van der Waals surface area (Å²) in [6.07, 6.45) is -3.70. The first-order valence-corrected chi connectivity index (χ1v) is 16.8. The van der Waals surface area contributed by atoms with Crippen molar-refractivity contribution in [3.63, 3.8) is 0 Å². The molecule has 0 amide bonds. The third-order valence-electron chi connectivity index (χ3n) is 7.79. The van der Waals surface area contributed by atoms with Gasteiger partial charge in [0.05, 0.1) is 4.88 Å². The van der Waals surface area contributed by atoms with Crippen LogP contribution < -0.4 is 4.72 Å². The van der Waals surface area contributed by atoms with Crippen molar-refractivity contribution in [2.24, 2.45) is 0 Å². The Hall–Kier alpha value is -4.33. The molecule has 0 spiro atoms. The van der Waals surface area contributed by atoms with Gasteiger partial charge in [-0.15, -0.1) is 11.3 Å². The smallest absolute Gasteiger partial charge is 0.425 e. The van der Waals surface area contributed by atoms with Crippen molar-refractivity contribution < 1.29 is 35.6 Å². The van der Waals surface area contributed by atoms with Gasteiger partial charge in [0.15, 0.2) is 0 Å². The maximum absolute atomic E-state index is 13.9. The lowest BCUT2D eigenvalue weighted by Crippen LogP contribution is -2.49. The molecule has 0 bridgehead atoms. The number of thiophene rings is 1. The van der Waals surface area contributed by atoms with E-state index in [1.54, 1.807) is 78.9 Å². The predicted molar refractivity (Wildman–Crippen MR) is 166 cm³/mol. The van der Waals surface area contributed by atoms with E-state index in [-0.39, 0.29) is 47.1 Å². The van der Waals surface area contributed by atoms with Gasteiger partial charge in [0.25, 0.3) is 12.4 Å². The molecule has 238 valence electrons. The zero-order valence-electron chi connectivity index (χ0n) is 24.2. The summed E-state index contributed by atoms with van der Waals surface area (Å²) >= 11 is 0.574. The molecular formula is C33H28F3N3O5S2. The van der Waals surface area contributed by atoms with Crippen LogP contribution in [0.2, 0.25) is 0 Å². The summed E-state index contributed by atoms with van der Waals surface area (Å²) in [7, 11) is -3.81. The Kier molecular flexibility index (Phi) is 9.07. The quantitative estimate of drug-likeness (QED) is 0.143. The zero-order valence-corrected chi connectivity index (χ0v) is 25.8. The Labute approximate surface area is 267 Å². The molecule has 1 unspecified atom stereocenters. The number of carbonyl (C=O) groups excluding carboxylic acids is 1. The molecule has 2 heterocycles. The number of nitrogens with zero attached hydrogens (tertiary/aromatic N) is 2. The number of halogens is 3. The van der Waals surface area contributed by atoms with Gasteiger partial charge in [0.1, 0.15) is 16.2 Å². The molecule has 1 fully saturated rings. The minimum atomic E-state index is -4.53. The summed E-state index contributed by atoms with van der Waals surface area (Å²) < 4.78 is 81.7. The van der Waals surface area contributed by atoms with Gasteiger partial charge < -0.3 is 9.26 Å². The third-order valence-corrected chi connectivity index (χ3v) is 10.9. The van der Waals surface area contributed by atoms with Gasteiger partial charge in [-0.05, 0) is 53.3 Å². The maximum Gasteiger partial charge on any atom is 0.425 e. The molecule has 13 heteroatoms. The van der Waals surface area contributed by atoms with Gasteiger partial charge in [0, 0.05) is 24.4 Å².